The summed E-state index contributed by atoms with van der Waals surface area (Å²) in [5, 5.41) is 2.65. The molecular weight excluding hydrogens is 180 g/mol. The van der Waals surface area contributed by atoms with Crippen molar-refractivity contribution in [2.75, 3.05) is 11.1 Å². The van der Waals surface area contributed by atoms with Crippen LogP contribution in [0.15, 0.2) is 12.4 Å². The van der Waals surface area contributed by atoms with Crippen LogP contribution < -0.4 is 11.1 Å². The summed E-state index contributed by atoms with van der Waals surface area (Å²) in [4.78, 5) is 19.1. The Balaban J connectivity index is 2.75. The summed E-state index contributed by atoms with van der Waals surface area (Å²) in [6.07, 6.45) is 1.31. The van der Waals surface area contributed by atoms with Crippen LogP contribution in [0.3, 0.4) is 0 Å². The zero-order chi connectivity index (χ0) is 10.8. The molecule has 76 valence electrons. The van der Waals surface area contributed by atoms with Crippen LogP contribution in [0.25, 0.3) is 0 Å². The van der Waals surface area contributed by atoms with E-state index in [4.69, 9.17) is 5.73 Å². The van der Waals surface area contributed by atoms with E-state index < -0.39 is 5.41 Å². The molecule has 14 heavy (non-hydrogen) atoms. The molecule has 1 aromatic heterocycles. The summed E-state index contributed by atoms with van der Waals surface area (Å²) in [5.74, 6) is 0.664. The van der Waals surface area contributed by atoms with Crippen molar-refractivity contribution in [3.63, 3.8) is 0 Å². The van der Waals surface area contributed by atoms with E-state index in [2.05, 4.69) is 15.3 Å². The first-order chi connectivity index (χ1) is 6.39. The maximum Gasteiger partial charge on any atom is 0.230 e. The van der Waals surface area contributed by atoms with Crippen molar-refractivity contribution >= 4 is 17.5 Å². The van der Waals surface area contributed by atoms with Crippen molar-refractivity contribution in [2.24, 2.45) is 5.41 Å². The molecule has 1 aromatic rings. The van der Waals surface area contributed by atoms with Crippen molar-refractivity contribution in [1.82, 2.24) is 9.97 Å². The number of nitrogens with zero attached hydrogens (tertiary/aromatic N) is 2. The van der Waals surface area contributed by atoms with Crippen LogP contribution in [0.4, 0.5) is 11.6 Å². The molecule has 0 aromatic carbocycles. The topological polar surface area (TPSA) is 80.9 Å². The Morgan fingerprint density at radius 2 is 2.07 bits per heavy atom. The highest BCUT2D eigenvalue weighted by Crippen LogP contribution is 2.16. The number of nitrogens with two attached hydrogens (primary N) is 1. The van der Waals surface area contributed by atoms with Crippen LogP contribution in [0.1, 0.15) is 20.8 Å². The molecule has 0 radical (unpaired) electrons. The number of rotatable bonds is 1. The highest BCUT2D eigenvalue weighted by molar-refractivity contribution is 5.93. The number of carbonyl (C=O) groups is 1. The van der Waals surface area contributed by atoms with E-state index in [1.54, 1.807) is 0 Å². The molecule has 5 heteroatoms. The standard InChI is InChI=1S/C9H14N4O/c1-9(2,3)8(14)13-7-4-6(10)11-5-12-7/h4-5H,1-3H3,(H3,10,11,12,13,14). The summed E-state index contributed by atoms with van der Waals surface area (Å²) in [6, 6.07) is 1.52. The lowest BCUT2D eigenvalue weighted by Crippen LogP contribution is -2.28. The van der Waals surface area contributed by atoms with Crippen LogP contribution in [0.2, 0.25) is 0 Å². The molecule has 0 unspecified atom stereocenters. The number of hydrogen-bond acceptors (Lipinski definition) is 4. The molecule has 0 saturated carbocycles. The van der Waals surface area contributed by atoms with Gasteiger partial charge in [0.05, 0.1) is 0 Å². The summed E-state index contributed by atoms with van der Waals surface area (Å²) in [7, 11) is 0. The van der Waals surface area contributed by atoms with E-state index in [1.807, 2.05) is 20.8 Å². The second kappa shape index (κ2) is 3.61. The van der Waals surface area contributed by atoms with E-state index in [0.29, 0.717) is 11.6 Å². The van der Waals surface area contributed by atoms with Crippen molar-refractivity contribution in [1.29, 1.82) is 0 Å². The lowest BCUT2D eigenvalue weighted by Gasteiger charge is -2.16. The molecule has 1 rings (SSSR count). The van der Waals surface area contributed by atoms with Gasteiger partial charge in [-0.05, 0) is 0 Å². The van der Waals surface area contributed by atoms with Gasteiger partial charge in [0.15, 0.2) is 0 Å². The number of nitrogens with one attached hydrogen (secondary N) is 1. The number of hydrogen-bond donors (Lipinski definition) is 2. The first-order valence-electron chi connectivity index (χ1n) is 4.28. The minimum absolute atomic E-state index is 0.101. The Morgan fingerprint density at radius 1 is 1.43 bits per heavy atom. The molecule has 0 aliphatic rings. The average Bonchev–Trinajstić information content (AvgIpc) is 2.02. The molecule has 5 nitrogen and oxygen atoms in total. The third-order valence-corrected chi connectivity index (χ3v) is 1.61. The third-order valence-electron chi connectivity index (χ3n) is 1.61. The fraction of sp³-hybridized carbons (Fsp3) is 0.444. The number of aromatic nitrogens is 2. The van der Waals surface area contributed by atoms with Crippen molar-refractivity contribution in [2.45, 2.75) is 20.8 Å². The van der Waals surface area contributed by atoms with Crippen LogP contribution >= 0.6 is 0 Å². The van der Waals surface area contributed by atoms with Gasteiger partial charge in [0.1, 0.15) is 18.0 Å². The molecule has 0 aliphatic heterocycles. The van der Waals surface area contributed by atoms with Gasteiger partial charge in [0.2, 0.25) is 5.91 Å². The number of carbonyl (C=O) groups excluding carboxylic acids is 1. The Labute approximate surface area is 82.7 Å². The van der Waals surface area contributed by atoms with Crippen molar-refractivity contribution < 1.29 is 4.79 Å². The molecule has 0 saturated heterocycles. The minimum atomic E-state index is -0.445. The van der Waals surface area contributed by atoms with Gasteiger partial charge in [-0.25, -0.2) is 9.97 Å². The van der Waals surface area contributed by atoms with Crippen LogP contribution in [-0.2, 0) is 4.79 Å². The van der Waals surface area contributed by atoms with E-state index in [-0.39, 0.29) is 5.91 Å². The molecule has 0 fully saturated rings. The Kier molecular flexibility index (Phi) is 2.69. The van der Waals surface area contributed by atoms with Gasteiger partial charge in [-0.1, -0.05) is 20.8 Å². The molecule has 0 aliphatic carbocycles. The van der Waals surface area contributed by atoms with Crippen LogP contribution in [0.5, 0.6) is 0 Å². The van der Waals surface area contributed by atoms with Gasteiger partial charge in [0, 0.05) is 11.5 Å². The van der Waals surface area contributed by atoms with Crippen molar-refractivity contribution in [3.8, 4) is 0 Å². The predicted molar refractivity (Wildman–Crippen MR) is 54.5 cm³/mol. The zero-order valence-corrected chi connectivity index (χ0v) is 8.53. The fourth-order valence-electron chi connectivity index (χ4n) is 0.745. The molecular formula is C9H14N4O. The predicted octanol–water partition coefficient (Wildman–Crippen LogP) is 1.04. The van der Waals surface area contributed by atoms with Crippen LogP contribution in [-0.4, -0.2) is 15.9 Å². The number of amides is 1. The maximum atomic E-state index is 11.5. The molecule has 1 heterocycles. The quantitative estimate of drug-likeness (QED) is 0.700. The van der Waals surface area contributed by atoms with E-state index in [1.165, 1.54) is 12.4 Å². The molecule has 0 bridgehead atoms. The molecule has 0 atom stereocenters. The smallest absolute Gasteiger partial charge is 0.230 e. The third kappa shape index (κ3) is 2.69. The minimum Gasteiger partial charge on any atom is -0.384 e. The zero-order valence-electron chi connectivity index (χ0n) is 8.53. The SMILES string of the molecule is CC(C)(C)C(=O)Nc1cc(N)ncn1. The second-order valence-electron chi connectivity index (χ2n) is 4.03. The summed E-state index contributed by atoms with van der Waals surface area (Å²) >= 11 is 0. The molecule has 3 N–H and O–H groups in total. The fourth-order valence-corrected chi connectivity index (χ4v) is 0.745. The van der Waals surface area contributed by atoms with Crippen molar-refractivity contribution in [3.05, 3.63) is 12.4 Å². The first kappa shape index (κ1) is 10.4. The summed E-state index contributed by atoms with van der Waals surface area (Å²) < 4.78 is 0. The Bertz CT molecular complexity index is 343. The Morgan fingerprint density at radius 3 is 2.57 bits per heavy atom. The highest BCUT2D eigenvalue weighted by atomic mass is 16.2. The van der Waals surface area contributed by atoms with E-state index in [0.717, 1.165) is 0 Å². The van der Waals surface area contributed by atoms with Gasteiger partial charge >= 0.3 is 0 Å². The Hall–Kier alpha value is -1.65. The second-order valence-corrected chi connectivity index (χ2v) is 4.03. The lowest BCUT2D eigenvalue weighted by atomic mass is 9.96. The average molecular weight is 194 g/mol. The summed E-state index contributed by atoms with van der Waals surface area (Å²) in [5.41, 5.74) is 5.00. The largest absolute Gasteiger partial charge is 0.384 e. The monoisotopic (exact) mass is 194 g/mol. The lowest BCUT2D eigenvalue weighted by molar-refractivity contribution is -0.123. The number of nitrogen functional groups attached to an aromatic ring is 1. The number of anilines is 2. The van der Waals surface area contributed by atoms with E-state index in [9.17, 15) is 4.79 Å². The van der Waals surface area contributed by atoms with Crippen LogP contribution in [0, 0.1) is 5.41 Å². The maximum absolute atomic E-state index is 11.5. The highest BCUT2D eigenvalue weighted by Gasteiger charge is 2.21. The molecule has 0 spiro atoms. The normalized spacial score (nSPS) is 11.1. The van der Waals surface area contributed by atoms with Gasteiger partial charge in [0.25, 0.3) is 0 Å². The van der Waals surface area contributed by atoms with E-state index >= 15 is 0 Å². The van der Waals surface area contributed by atoms with Gasteiger partial charge < -0.3 is 11.1 Å². The first-order valence-corrected chi connectivity index (χ1v) is 4.28. The van der Waals surface area contributed by atoms with Gasteiger partial charge in [-0.15, -0.1) is 0 Å². The van der Waals surface area contributed by atoms with Gasteiger partial charge in [-0.2, -0.15) is 0 Å². The van der Waals surface area contributed by atoms with Gasteiger partial charge in [-0.3, -0.25) is 4.79 Å². The summed E-state index contributed by atoms with van der Waals surface area (Å²) in [6.45, 7) is 5.48. The molecule has 1 amide bonds.